The van der Waals surface area contributed by atoms with Crippen LogP contribution in [0.1, 0.15) is 31.2 Å². The maximum Gasteiger partial charge on any atom is 0.418 e. The molecule has 1 unspecified atom stereocenters. The van der Waals surface area contributed by atoms with Crippen molar-refractivity contribution >= 4 is 0 Å². The second-order valence-corrected chi connectivity index (χ2v) is 3.98. The Morgan fingerprint density at radius 1 is 1.25 bits per heavy atom. The van der Waals surface area contributed by atoms with Crippen molar-refractivity contribution in [2.75, 3.05) is 0 Å². The lowest BCUT2D eigenvalue weighted by Crippen LogP contribution is -2.21. The van der Waals surface area contributed by atoms with Crippen molar-refractivity contribution in [2.45, 2.75) is 31.7 Å². The van der Waals surface area contributed by atoms with Crippen LogP contribution in [0, 0.1) is 0 Å². The minimum atomic E-state index is -4.71. The highest BCUT2D eigenvalue weighted by atomic mass is 19.4. The molecule has 0 spiro atoms. The van der Waals surface area contributed by atoms with Gasteiger partial charge in [0, 0.05) is 11.8 Å². The van der Waals surface area contributed by atoms with Crippen LogP contribution in [0.4, 0.5) is 13.2 Å². The number of rotatable bonds is 2. The quantitative estimate of drug-likeness (QED) is 0.823. The van der Waals surface area contributed by atoms with Crippen molar-refractivity contribution in [2.24, 2.45) is 0 Å². The number of aromatic nitrogens is 1. The Kier molecular flexibility index (Phi) is 3.25. The molecule has 3 nitrogen and oxygen atoms in total. The first kappa shape index (κ1) is 12.9. The molecule has 0 amide bonds. The first-order chi connectivity index (χ1) is 7.12. The molecule has 90 valence electrons. The predicted octanol–water partition coefficient (Wildman–Crippen LogP) is 1.90. The fourth-order valence-corrected chi connectivity index (χ4v) is 1.12. The lowest BCUT2D eigenvalue weighted by atomic mass is 10.0. The molecule has 0 radical (unpaired) electrons. The fourth-order valence-electron chi connectivity index (χ4n) is 1.12. The highest BCUT2D eigenvalue weighted by Gasteiger charge is 2.39. The van der Waals surface area contributed by atoms with Crippen molar-refractivity contribution in [3.8, 4) is 0 Å². The third kappa shape index (κ3) is 2.93. The molecule has 1 atom stereocenters. The first-order valence-corrected chi connectivity index (χ1v) is 4.56. The van der Waals surface area contributed by atoms with E-state index in [2.05, 4.69) is 4.98 Å². The van der Waals surface area contributed by atoms with Gasteiger partial charge in [-0.1, -0.05) is 6.07 Å². The van der Waals surface area contributed by atoms with Gasteiger partial charge in [-0.25, -0.2) is 0 Å². The van der Waals surface area contributed by atoms with Crippen LogP contribution >= 0.6 is 0 Å². The highest BCUT2D eigenvalue weighted by molar-refractivity contribution is 5.20. The second-order valence-electron chi connectivity index (χ2n) is 3.98. The molecule has 0 aliphatic heterocycles. The summed E-state index contributed by atoms with van der Waals surface area (Å²) in [4.78, 5) is 3.67. The monoisotopic (exact) mass is 235 g/mol. The standard InChI is InChI=1S/C10H12F3NO2/c1-9(2,16)7-4-3-6(5-14-7)8(15)10(11,12)13/h3-5,8,15-16H,1-2H3. The van der Waals surface area contributed by atoms with Gasteiger partial charge in [0.2, 0.25) is 0 Å². The van der Waals surface area contributed by atoms with Crippen LogP contribution in [0.5, 0.6) is 0 Å². The Labute approximate surface area is 90.6 Å². The Hall–Kier alpha value is -1.14. The van der Waals surface area contributed by atoms with Gasteiger partial charge in [0.1, 0.15) is 5.60 Å². The topological polar surface area (TPSA) is 53.4 Å². The third-order valence-electron chi connectivity index (χ3n) is 2.04. The van der Waals surface area contributed by atoms with Crippen LogP contribution in [0.2, 0.25) is 0 Å². The van der Waals surface area contributed by atoms with Crippen molar-refractivity contribution in [3.05, 3.63) is 29.6 Å². The van der Waals surface area contributed by atoms with E-state index in [1.165, 1.54) is 19.9 Å². The van der Waals surface area contributed by atoms with Crippen LogP contribution in [0.3, 0.4) is 0 Å². The third-order valence-corrected chi connectivity index (χ3v) is 2.04. The summed E-state index contributed by atoms with van der Waals surface area (Å²) >= 11 is 0. The Balaban J connectivity index is 2.96. The number of aliphatic hydroxyl groups is 2. The van der Waals surface area contributed by atoms with Crippen LogP contribution in [-0.2, 0) is 5.60 Å². The highest BCUT2D eigenvalue weighted by Crippen LogP contribution is 2.32. The van der Waals surface area contributed by atoms with E-state index in [1.807, 2.05) is 0 Å². The zero-order valence-corrected chi connectivity index (χ0v) is 8.78. The molecule has 0 fully saturated rings. The van der Waals surface area contributed by atoms with Crippen molar-refractivity contribution in [1.82, 2.24) is 4.98 Å². The molecule has 1 aromatic rings. The number of halogens is 3. The molecule has 0 aliphatic carbocycles. The molecule has 1 aromatic heterocycles. The molecule has 0 aliphatic rings. The van der Waals surface area contributed by atoms with Gasteiger partial charge in [-0.05, 0) is 19.9 Å². The first-order valence-electron chi connectivity index (χ1n) is 4.56. The summed E-state index contributed by atoms with van der Waals surface area (Å²) in [5.41, 5.74) is -1.33. The fraction of sp³-hybridized carbons (Fsp3) is 0.500. The average Bonchev–Trinajstić information content (AvgIpc) is 2.14. The van der Waals surface area contributed by atoms with Gasteiger partial charge >= 0.3 is 6.18 Å². The van der Waals surface area contributed by atoms with E-state index in [0.29, 0.717) is 0 Å². The van der Waals surface area contributed by atoms with Gasteiger partial charge in [-0.15, -0.1) is 0 Å². The minimum absolute atomic E-state index is 0.241. The zero-order chi connectivity index (χ0) is 12.6. The van der Waals surface area contributed by atoms with E-state index in [0.717, 1.165) is 12.3 Å². The van der Waals surface area contributed by atoms with E-state index < -0.39 is 17.9 Å². The van der Waals surface area contributed by atoms with E-state index in [4.69, 9.17) is 5.11 Å². The summed E-state index contributed by atoms with van der Waals surface area (Å²) < 4.78 is 36.4. The predicted molar refractivity (Wildman–Crippen MR) is 50.5 cm³/mol. The van der Waals surface area contributed by atoms with Gasteiger partial charge in [0.05, 0.1) is 5.69 Å². The molecular weight excluding hydrogens is 223 g/mol. The molecule has 6 heteroatoms. The summed E-state index contributed by atoms with van der Waals surface area (Å²) in [6.07, 6.45) is -6.35. The summed E-state index contributed by atoms with van der Waals surface area (Å²) in [6, 6.07) is 2.35. The molecule has 2 N–H and O–H groups in total. The number of alkyl halides is 3. The van der Waals surface area contributed by atoms with Crippen molar-refractivity contribution in [1.29, 1.82) is 0 Å². The van der Waals surface area contributed by atoms with E-state index in [-0.39, 0.29) is 11.3 Å². The average molecular weight is 235 g/mol. The van der Waals surface area contributed by atoms with Gasteiger partial charge in [0.15, 0.2) is 6.10 Å². The zero-order valence-electron chi connectivity index (χ0n) is 8.78. The van der Waals surface area contributed by atoms with Crippen LogP contribution < -0.4 is 0 Å². The van der Waals surface area contributed by atoms with Crippen molar-refractivity contribution < 1.29 is 23.4 Å². The maximum atomic E-state index is 12.1. The number of pyridine rings is 1. The molecule has 0 bridgehead atoms. The number of nitrogens with zero attached hydrogens (tertiary/aromatic N) is 1. The largest absolute Gasteiger partial charge is 0.418 e. The summed E-state index contributed by atoms with van der Waals surface area (Å²) in [5, 5.41) is 18.5. The molecule has 0 saturated heterocycles. The van der Waals surface area contributed by atoms with E-state index in [1.54, 1.807) is 0 Å². The Bertz CT molecular complexity index is 354. The molecule has 1 heterocycles. The maximum absolute atomic E-state index is 12.1. The number of aliphatic hydroxyl groups excluding tert-OH is 1. The summed E-state index contributed by atoms with van der Waals surface area (Å²) in [6.45, 7) is 2.93. The van der Waals surface area contributed by atoms with Crippen LogP contribution in [-0.4, -0.2) is 21.4 Å². The van der Waals surface area contributed by atoms with Gasteiger partial charge in [-0.2, -0.15) is 13.2 Å². The summed E-state index contributed by atoms with van der Waals surface area (Å²) in [7, 11) is 0. The summed E-state index contributed by atoms with van der Waals surface area (Å²) in [5.74, 6) is 0. The van der Waals surface area contributed by atoms with Gasteiger partial charge in [0.25, 0.3) is 0 Å². The molecule has 1 rings (SSSR count). The van der Waals surface area contributed by atoms with Crippen molar-refractivity contribution in [3.63, 3.8) is 0 Å². The molecule has 16 heavy (non-hydrogen) atoms. The molecule has 0 saturated carbocycles. The normalized spacial score (nSPS) is 14.9. The number of hydrogen-bond donors (Lipinski definition) is 2. The minimum Gasteiger partial charge on any atom is -0.384 e. The Morgan fingerprint density at radius 3 is 2.12 bits per heavy atom. The van der Waals surface area contributed by atoms with Gasteiger partial charge in [-0.3, -0.25) is 4.98 Å². The molecular formula is C10H12F3NO2. The lowest BCUT2D eigenvalue weighted by molar-refractivity contribution is -0.206. The smallest absolute Gasteiger partial charge is 0.384 e. The van der Waals surface area contributed by atoms with E-state index >= 15 is 0 Å². The van der Waals surface area contributed by atoms with Gasteiger partial charge < -0.3 is 10.2 Å². The lowest BCUT2D eigenvalue weighted by Gasteiger charge is -2.18. The van der Waals surface area contributed by atoms with Crippen LogP contribution in [0.25, 0.3) is 0 Å². The van der Waals surface area contributed by atoms with E-state index in [9.17, 15) is 18.3 Å². The number of hydrogen-bond acceptors (Lipinski definition) is 3. The molecule has 0 aromatic carbocycles. The second kappa shape index (κ2) is 4.03. The Morgan fingerprint density at radius 2 is 1.81 bits per heavy atom. The van der Waals surface area contributed by atoms with Crippen LogP contribution in [0.15, 0.2) is 18.3 Å². The SMILES string of the molecule is CC(C)(O)c1ccc(C(O)C(F)(F)F)cn1.